The van der Waals surface area contributed by atoms with Crippen molar-refractivity contribution in [3.8, 4) is 0 Å². The Labute approximate surface area is 287 Å². The van der Waals surface area contributed by atoms with Crippen molar-refractivity contribution in [2.24, 2.45) is 53.3 Å². The molecule has 0 bridgehead atoms. The summed E-state index contributed by atoms with van der Waals surface area (Å²) in [5.41, 5.74) is 0. The third-order valence-corrected chi connectivity index (χ3v) is 12.3. The van der Waals surface area contributed by atoms with Crippen LogP contribution in [0.1, 0.15) is 164 Å². The molecule has 46 heavy (non-hydrogen) atoms. The quantitative estimate of drug-likeness (QED) is 0.218. The molecule has 0 spiro atoms. The van der Waals surface area contributed by atoms with Gasteiger partial charge in [-0.1, -0.05) is 93.4 Å². The Morgan fingerprint density at radius 1 is 0.413 bits per heavy atom. The van der Waals surface area contributed by atoms with Gasteiger partial charge in [-0.2, -0.15) is 0 Å². The summed E-state index contributed by atoms with van der Waals surface area (Å²) in [4.78, 5) is 0. The van der Waals surface area contributed by atoms with E-state index in [9.17, 15) is 15.3 Å². The SMILES string of the molecule is CCCC1CCC(C)C(O)C1.CCCC1CCC(O)C(C)C1.COCCC1CCC(C)C(C)C1.COCCC1CCC(C)C(O)C1. The van der Waals surface area contributed by atoms with Crippen molar-refractivity contribution in [2.45, 2.75) is 182 Å². The van der Waals surface area contributed by atoms with E-state index in [0.29, 0.717) is 23.7 Å². The molecule has 5 heteroatoms. The molecule has 12 unspecified atom stereocenters. The molecule has 276 valence electrons. The van der Waals surface area contributed by atoms with E-state index in [1.54, 1.807) is 14.2 Å². The average Bonchev–Trinajstić information content (AvgIpc) is 3.03. The van der Waals surface area contributed by atoms with Crippen molar-refractivity contribution in [1.29, 1.82) is 0 Å². The maximum Gasteiger partial charge on any atom is 0.0568 e. The van der Waals surface area contributed by atoms with Crippen LogP contribution in [0, 0.1) is 53.3 Å². The van der Waals surface area contributed by atoms with Crippen LogP contribution >= 0.6 is 0 Å². The van der Waals surface area contributed by atoms with Crippen LogP contribution in [0.3, 0.4) is 0 Å². The first kappa shape index (κ1) is 43.8. The summed E-state index contributed by atoms with van der Waals surface area (Å²) < 4.78 is 10.1. The van der Waals surface area contributed by atoms with Gasteiger partial charge in [-0.15, -0.1) is 0 Å². The second kappa shape index (κ2) is 25.7. The number of methoxy groups -OCH3 is 2. The van der Waals surface area contributed by atoms with Crippen molar-refractivity contribution >= 4 is 0 Å². The zero-order valence-electron chi connectivity index (χ0n) is 32.2. The van der Waals surface area contributed by atoms with E-state index in [1.165, 1.54) is 89.9 Å². The summed E-state index contributed by atoms with van der Waals surface area (Å²) in [6.07, 6.45) is 22.4. The zero-order valence-corrected chi connectivity index (χ0v) is 32.2. The summed E-state index contributed by atoms with van der Waals surface area (Å²) in [7, 11) is 3.54. The molecule has 4 saturated carbocycles. The molecule has 0 aromatic heterocycles. The molecule has 5 nitrogen and oxygen atoms in total. The molecule has 0 aliphatic heterocycles. The van der Waals surface area contributed by atoms with E-state index in [4.69, 9.17) is 9.47 Å². The van der Waals surface area contributed by atoms with Crippen LogP contribution in [0.2, 0.25) is 0 Å². The van der Waals surface area contributed by atoms with Crippen molar-refractivity contribution in [2.75, 3.05) is 27.4 Å². The average molecular weight is 655 g/mol. The Hall–Kier alpha value is -0.200. The van der Waals surface area contributed by atoms with Gasteiger partial charge < -0.3 is 24.8 Å². The summed E-state index contributed by atoms with van der Waals surface area (Å²) in [6.45, 7) is 17.5. The highest BCUT2D eigenvalue weighted by atomic mass is 16.5. The Morgan fingerprint density at radius 3 is 1.17 bits per heavy atom. The first-order valence-corrected chi connectivity index (χ1v) is 20.0. The first-order valence-electron chi connectivity index (χ1n) is 20.0. The van der Waals surface area contributed by atoms with Gasteiger partial charge in [0, 0.05) is 27.4 Å². The van der Waals surface area contributed by atoms with E-state index in [2.05, 4.69) is 48.5 Å². The third-order valence-electron chi connectivity index (χ3n) is 12.3. The molecule has 0 aromatic carbocycles. The lowest BCUT2D eigenvalue weighted by atomic mass is 9.75. The number of hydrogen-bond acceptors (Lipinski definition) is 5. The molecule has 0 aromatic rings. The highest BCUT2D eigenvalue weighted by Crippen LogP contribution is 2.35. The van der Waals surface area contributed by atoms with Crippen LogP contribution in [0.5, 0.6) is 0 Å². The highest BCUT2D eigenvalue weighted by Gasteiger charge is 2.27. The number of rotatable bonds is 10. The minimum atomic E-state index is -0.0689. The van der Waals surface area contributed by atoms with Crippen LogP contribution in [0.4, 0.5) is 0 Å². The molecule has 3 N–H and O–H groups in total. The van der Waals surface area contributed by atoms with Gasteiger partial charge in [-0.3, -0.25) is 0 Å². The fourth-order valence-corrected chi connectivity index (χ4v) is 8.35. The fraction of sp³-hybridized carbons (Fsp3) is 1.00. The molecule has 0 amide bonds. The largest absolute Gasteiger partial charge is 0.393 e. The molecule has 4 aliphatic carbocycles. The molecule has 0 saturated heterocycles. The molecular formula is C41H82O5. The third kappa shape index (κ3) is 18.5. The molecule has 12 atom stereocenters. The van der Waals surface area contributed by atoms with E-state index in [-0.39, 0.29) is 18.3 Å². The predicted molar refractivity (Wildman–Crippen MR) is 196 cm³/mol. The molecule has 4 rings (SSSR count). The summed E-state index contributed by atoms with van der Waals surface area (Å²) >= 11 is 0. The summed E-state index contributed by atoms with van der Waals surface area (Å²) in [5, 5.41) is 28.6. The Morgan fingerprint density at radius 2 is 0.783 bits per heavy atom. The van der Waals surface area contributed by atoms with E-state index in [0.717, 1.165) is 68.5 Å². The lowest BCUT2D eigenvalue weighted by molar-refractivity contribution is 0.0433. The zero-order chi connectivity index (χ0) is 34.5. The van der Waals surface area contributed by atoms with Crippen LogP contribution in [-0.4, -0.2) is 61.1 Å². The molecule has 4 aliphatic rings. The Balaban J connectivity index is 0.000000307. The first-order chi connectivity index (χ1) is 21.9. The van der Waals surface area contributed by atoms with Gasteiger partial charge in [-0.05, 0) is 124 Å². The van der Waals surface area contributed by atoms with Gasteiger partial charge in [0.1, 0.15) is 0 Å². The fourth-order valence-electron chi connectivity index (χ4n) is 8.35. The maximum atomic E-state index is 9.61. The molecule has 4 fully saturated rings. The van der Waals surface area contributed by atoms with Gasteiger partial charge in [-0.25, -0.2) is 0 Å². The Kier molecular flexibility index (Phi) is 24.5. The van der Waals surface area contributed by atoms with Crippen LogP contribution < -0.4 is 0 Å². The van der Waals surface area contributed by atoms with Gasteiger partial charge in [0.2, 0.25) is 0 Å². The van der Waals surface area contributed by atoms with Gasteiger partial charge in [0.05, 0.1) is 18.3 Å². The van der Waals surface area contributed by atoms with Gasteiger partial charge in [0.25, 0.3) is 0 Å². The van der Waals surface area contributed by atoms with Gasteiger partial charge in [0.15, 0.2) is 0 Å². The lowest BCUT2D eigenvalue weighted by Crippen LogP contribution is -2.27. The van der Waals surface area contributed by atoms with Gasteiger partial charge >= 0.3 is 0 Å². The summed E-state index contributed by atoms with van der Waals surface area (Å²) in [6, 6.07) is 0. The topological polar surface area (TPSA) is 79.2 Å². The maximum absolute atomic E-state index is 9.61. The van der Waals surface area contributed by atoms with E-state index in [1.807, 2.05) is 0 Å². The molecular weight excluding hydrogens is 572 g/mol. The second-order valence-electron chi connectivity index (χ2n) is 16.4. The minimum Gasteiger partial charge on any atom is -0.393 e. The molecule has 0 heterocycles. The number of aliphatic hydroxyl groups excluding tert-OH is 3. The van der Waals surface area contributed by atoms with Crippen LogP contribution in [0.25, 0.3) is 0 Å². The predicted octanol–water partition coefficient (Wildman–Crippen LogP) is 10.1. The van der Waals surface area contributed by atoms with Crippen molar-refractivity contribution in [1.82, 2.24) is 0 Å². The smallest absolute Gasteiger partial charge is 0.0568 e. The summed E-state index contributed by atoms with van der Waals surface area (Å²) in [5.74, 6) is 6.81. The lowest BCUT2D eigenvalue weighted by Gasteiger charge is -2.31. The number of hydrogen-bond donors (Lipinski definition) is 3. The monoisotopic (exact) mass is 655 g/mol. The van der Waals surface area contributed by atoms with E-state index < -0.39 is 0 Å². The molecule has 0 radical (unpaired) electrons. The van der Waals surface area contributed by atoms with Crippen LogP contribution in [-0.2, 0) is 9.47 Å². The van der Waals surface area contributed by atoms with Crippen LogP contribution in [0.15, 0.2) is 0 Å². The van der Waals surface area contributed by atoms with Crippen molar-refractivity contribution < 1.29 is 24.8 Å². The highest BCUT2D eigenvalue weighted by molar-refractivity contribution is 4.79. The standard InChI is InChI=1S/C11H22O.C10H20O2.2C10H20O/c1-9-4-5-11(6-7-12-3)8-10(9)2;1-8-3-4-9(5-6-12-2)7-10(8)11;1-3-4-9-5-6-10(11)8(2)7-9;1-3-4-9-6-5-8(2)10(11)7-9/h9-11H,4-8H2,1-3H3;8-11H,3-7H2,1-2H3;2*8-11H,3-7H2,1-2H3. The van der Waals surface area contributed by atoms with Crippen molar-refractivity contribution in [3.05, 3.63) is 0 Å². The second-order valence-corrected chi connectivity index (χ2v) is 16.4. The Bertz CT molecular complexity index is 640. The number of ether oxygens (including phenoxy) is 2. The van der Waals surface area contributed by atoms with E-state index >= 15 is 0 Å². The number of aliphatic hydroxyl groups is 3. The van der Waals surface area contributed by atoms with Crippen molar-refractivity contribution in [3.63, 3.8) is 0 Å². The minimum absolute atomic E-state index is 0.0110. The normalized spacial score (nSPS) is 37.8.